The Labute approximate surface area is 106 Å². The molecule has 0 spiro atoms. The molecule has 0 aromatic carbocycles. The van der Waals surface area contributed by atoms with Crippen molar-refractivity contribution in [3.63, 3.8) is 0 Å². The zero-order chi connectivity index (χ0) is 13.0. The molecule has 5 nitrogen and oxygen atoms in total. The topological polar surface area (TPSA) is 63.6 Å². The van der Waals surface area contributed by atoms with E-state index >= 15 is 0 Å². The molecule has 0 atom stereocenters. The Morgan fingerprint density at radius 1 is 1.33 bits per heavy atom. The molecule has 0 aliphatic heterocycles. The van der Waals surface area contributed by atoms with E-state index in [1.807, 2.05) is 0 Å². The van der Waals surface area contributed by atoms with E-state index < -0.39 is 0 Å². The average molecular weight is 246 g/mol. The standard InChI is InChI=1S/C13H18N4O/c1-3-4-5-6-11-14-13(16-15-11)10-7-8-12(18)17(2)9-10/h7-9H,3-6H2,1-2H3,(H,14,15,16). The van der Waals surface area contributed by atoms with E-state index in [-0.39, 0.29) is 5.56 Å². The van der Waals surface area contributed by atoms with Crippen molar-refractivity contribution < 1.29 is 0 Å². The number of rotatable bonds is 5. The normalized spacial score (nSPS) is 10.8. The molecule has 0 fully saturated rings. The van der Waals surface area contributed by atoms with E-state index in [0.29, 0.717) is 5.82 Å². The van der Waals surface area contributed by atoms with Gasteiger partial charge in [-0.25, -0.2) is 4.98 Å². The Balaban J connectivity index is 2.13. The molecule has 2 aromatic heterocycles. The number of aryl methyl sites for hydroxylation is 2. The average Bonchev–Trinajstić information content (AvgIpc) is 2.82. The second-order valence-electron chi connectivity index (χ2n) is 4.43. The summed E-state index contributed by atoms with van der Waals surface area (Å²) in [4.78, 5) is 15.7. The molecule has 96 valence electrons. The van der Waals surface area contributed by atoms with Crippen LogP contribution in [0.3, 0.4) is 0 Å². The van der Waals surface area contributed by atoms with Gasteiger partial charge in [0, 0.05) is 31.3 Å². The van der Waals surface area contributed by atoms with Crippen LogP contribution < -0.4 is 5.56 Å². The lowest BCUT2D eigenvalue weighted by molar-refractivity contribution is 0.695. The number of pyridine rings is 1. The number of hydrogen-bond acceptors (Lipinski definition) is 3. The van der Waals surface area contributed by atoms with Gasteiger partial charge in [-0.15, -0.1) is 0 Å². The molecular weight excluding hydrogens is 228 g/mol. The van der Waals surface area contributed by atoms with Gasteiger partial charge >= 0.3 is 0 Å². The highest BCUT2D eigenvalue weighted by Gasteiger charge is 2.06. The van der Waals surface area contributed by atoms with Gasteiger partial charge in [0.2, 0.25) is 5.56 Å². The molecule has 2 aromatic rings. The molecule has 2 heterocycles. The highest BCUT2D eigenvalue weighted by Crippen LogP contribution is 2.12. The number of nitrogens with one attached hydrogen (secondary N) is 1. The maximum absolute atomic E-state index is 11.3. The summed E-state index contributed by atoms with van der Waals surface area (Å²) in [6, 6.07) is 3.28. The van der Waals surface area contributed by atoms with Gasteiger partial charge in [0.05, 0.1) is 0 Å². The molecule has 0 saturated carbocycles. The molecule has 0 amide bonds. The highest BCUT2D eigenvalue weighted by atomic mass is 16.1. The van der Waals surface area contributed by atoms with Gasteiger partial charge in [-0.05, 0) is 12.5 Å². The van der Waals surface area contributed by atoms with Crippen molar-refractivity contribution in [2.45, 2.75) is 32.6 Å². The monoisotopic (exact) mass is 246 g/mol. The van der Waals surface area contributed by atoms with Crippen molar-refractivity contribution >= 4 is 0 Å². The van der Waals surface area contributed by atoms with Crippen LogP contribution in [0.15, 0.2) is 23.1 Å². The zero-order valence-corrected chi connectivity index (χ0v) is 10.8. The third-order valence-electron chi connectivity index (χ3n) is 2.89. The van der Waals surface area contributed by atoms with E-state index in [2.05, 4.69) is 22.1 Å². The van der Waals surface area contributed by atoms with Gasteiger partial charge in [-0.2, -0.15) is 5.10 Å². The third kappa shape index (κ3) is 2.85. The first-order valence-corrected chi connectivity index (χ1v) is 6.29. The molecule has 2 rings (SSSR count). The number of H-pyrrole nitrogens is 1. The summed E-state index contributed by atoms with van der Waals surface area (Å²) < 4.78 is 1.53. The van der Waals surface area contributed by atoms with E-state index in [1.165, 1.54) is 23.5 Å². The maximum atomic E-state index is 11.3. The SMILES string of the molecule is CCCCCc1nc(-c2ccc(=O)n(C)c2)n[nH]1. The van der Waals surface area contributed by atoms with Crippen molar-refractivity contribution in [3.05, 3.63) is 34.5 Å². The van der Waals surface area contributed by atoms with Gasteiger partial charge in [-0.3, -0.25) is 9.89 Å². The summed E-state index contributed by atoms with van der Waals surface area (Å²) in [5, 5.41) is 7.13. The molecule has 0 bridgehead atoms. The van der Waals surface area contributed by atoms with Gasteiger partial charge < -0.3 is 4.57 Å². The van der Waals surface area contributed by atoms with Crippen LogP contribution in [0.25, 0.3) is 11.4 Å². The van der Waals surface area contributed by atoms with Crippen LogP contribution in [0.1, 0.15) is 32.0 Å². The largest absolute Gasteiger partial charge is 0.318 e. The maximum Gasteiger partial charge on any atom is 0.250 e. The first-order chi connectivity index (χ1) is 8.70. The molecular formula is C13H18N4O. The summed E-state index contributed by atoms with van der Waals surface area (Å²) in [7, 11) is 1.72. The fraction of sp³-hybridized carbons (Fsp3) is 0.462. The van der Waals surface area contributed by atoms with E-state index in [9.17, 15) is 4.79 Å². The van der Waals surface area contributed by atoms with Gasteiger partial charge in [0.1, 0.15) is 5.82 Å². The number of aromatic amines is 1. The van der Waals surface area contributed by atoms with Crippen LogP contribution >= 0.6 is 0 Å². The van der Waals surface area contributed by atoms with Crippen molar-refractivity contribution in [2.24, 2.45) is 7.05 Å². The second kappa shape index (κ2) is 5.62. The molecule has 0 aliphatic rings. The molecule has 5 heteroatoms. The molecule has 0 unspecified atom stereocenters. The van der Waals surface area contributed by atoms with Gasteiger partial charge in [-0.1, -0.05) is 19.8 Å². The minimum atomic E-state index is -0.0301. The van der Waals surface area contributed by atoms with E-state index in [4.69, 9.17) is 0 Å². The van der Waals surface area contributed by atoms with Crippen molar-refractivity contribution in [2.75, 3.05) is 0 Å². The Kier molecular flexibility index (Phi) is 3.92. The molecule has 18 heavy (non-hydrogen) atoms. The van der Waals surface area contributed by atoms with Crippen molar-refractivity contribution in [3.8, 4) is 11.4 Å². The second-order valence-corrected chi connectivity index (χ2v) is 4.43. The molecule has 0 saturated heterocycles. The van der Waals surface area contributed by atoms with Crippen LogP contribution in [0.5, 0.6) is 0 Å². The number of nitrogens with zero attached hydrogens (tertiary/aromatic N) is 3. The molecule has 0 radical (unpaired) electrons. The molecule has 0 aliphatic carbocycles. The quantitative estimate of drug-likeness (QED) is 0.819. The summed E-state index contributed by atoms with van der Waals surface area (Å²) in [5.74, 6) is 1.56. The lowest BCUT2D eigenvalue weighted by atomic mass is 10.2. The van der Waals surface area contributed by atoms with Crippen LogP contribution in [-0.4, -0.2) is 19.7 Å². The van der Waals surface area contributed by atoms with E-state index in [1.54, 1.807) is 19.3 Å². The van der Waals surface area contributed by atoms with Crippen LogP contribution in [0.2, 0.25) is 0 Å². The Morgan fingerprint density at radius 3 is 2.89 bits per heavy atom. The predicted molar refractivity (Wildman–Crippen MR) is 70.3 cm³/mol. The Morgan fingerprint density at radius 2 is 2.17 bits per heavy atom. The van der Waals surface area contributed by atoms with Crippen LogP contribution in [0, 0.1) is 0 Å². The van der Waals surface area contributed by atoms with Crippen LogP contribution in [0.4, 0.5) is 0 Å². The smallest absolute Gasteiger partial charge is 0.250 e. The zero-order valence-electron chi connectivity index (χ0n) is 10.8. The summed E-state index contributed by atoms with van der Waals surface area (Å²) >= 11 is 0. The summed E-state index contributed by atoms with van der Waals surface area (Å²) in [6.45, 7) is 2.18. The highest BCUT2D eigenvalue weighted by molar-refractivity contribution is 5.52. The number of hydrogen-bond donors (Lipinski definition) is 1. The van der Waals surface area contributed by atoms with Gasteiger partial charge in [0.25, 0.3) is 0 Å². The Bertz CT molecular complexity index is 570. The molecule has 1 N–H and O–H groups in total. The third-order valence-corrected chi connectivity index (χ3v) is 2.89. The van der Waals surface area contributed by atoms with E-state index in [0.717, 1.165) is 24.2 Å². The first kappa shape index (κ1) is 12.5. The summed E-state index contributed by atoms with van der Waals surface area (Å²) in [6.07, 6.45) is 6.20. The lowest BCUT2D eigenvalue weighted by Gasteiger charge is -1.98. The van der Waals surface area contributed by atoms with Crippen LogP contribution in [-0.2, 0) is 13.5 Å². The Hall–Kier alpha value is -1.91. The number of unbranched alkanes of at least 4 members (excludes halogenated alkanes) is 2. The fourth-order valence-electron chi connectivity index (χ4n) is 1.80. The minimum absolute atomic E-state index is 0.0301. The number of aromatic nitrogens is 4. The summed E-state index contributed by atoms with van der Waals surface area (Å²) in [5.41, 5.74) is 0.826. The lowest BCUT2D eigenvalue weighted by Crippen LogP contribution is -2.14. The van der Waals surface area contributed by atoms with Crippen molar-refractivity contribution in [1.82, 2.24) is 19.7 Å². The predicted octanol–water partition coefficient (Wildman–Crippen LogP) is 1.90. The fourth-order valence-corrected chi connectivity index (χ4v) is 1.80. The van der Waals surface area contributed by atoms with Gasteiger partial charge in [0.15, 0.2) is 5.82 Å². The van der Waals surface area contributed by atoms with Crippen molar-refractivity contribution in [1.29, 1.82) is 0 Å². The first-order valence-electron chi connectivity index (χ1n) is 6.29. The minimum Gasteiger partial charge on any atom is -0.318 e.